The lowest BCUT2D eigenvalue weighted by Crippen LogP contribution is -2.40. The molecule has 1 aliphatic heterocycles. The minimum Gasteiger partial charge on any atom is -0.321 e. The second-order valence-electron chi connectivity index (χ2n) is 5.12. The van der Waals surface area contributed by atoms with Crippen molar-refractivity contribution in [2.24, 2.45) is 5.92 Å². The summed E-state index contributed by atoms with van der Waals surface area (Å²) in [5.74, 6) is -1.94. The van der Waals surface area contributed by atoms with Crippen LogP contribution in [-0.4, -0.2) is 18.5 Å². The van der Waals surface area contributed by atoms with Crippen LogP contribution in [-0.2, 0) is 4.79 Å². The fourth-order valence-electron chi connectivity index (χ4n) is 2.37. The highest BCUT2D eigenvalue weighted by Crippen LogP contribution is 2.24. The van der Waals surface area contributed by atoms with Crippen LogP contribution in [0, 0.1) is 24.5 Å². The Morgan fingerprint density at radius 2 is 2.16 bits per heavy atom. The molecule has 2 N–H and O–H groups in total. The molecule has 1 fully saturated rings. The molecular formula is C14H18F2N2O. The van der Waals surface area contributed by atoms with E-state index in [-0.39, 0.29) is 23.6 Å². The van der Waals surface area contributed by atoms with E-state index in [4.69, 9.17) is 0 Å². The van der Waals surface area contributed by atoms with Gasteiger partial charge in [-0.05, 0) is 44.9 Å². The first-order chi connectivity index (χ1) is 8.99. The predicted molar refractivity (Wildman–Crippen MR) is 69.9 cm³/mol. The Kier molecular flexibility index (Phi) is 4.14. The van der Waals surface area contributed by atoms with Crippen molar-refractivity contribution in [3.8, 4) is 0 Å². The Bertz CT molecular complexity index is 491. The van der Waals surface area contributed by atoms with Gasteiger partial charge in [0.25, 0.3) is 0 Å². The number of nitrogens with one attached hydrogen (secondary N) is 2. The molecule has 0 bridgehead atoms. The van der Waals surface area contributed by atoms with E-state index >= 15 is 0 Å². The second-order valence-corrected chi connectivity index (χ2v) is 5.12. The molecule has 1 amide bonds. The number of aryl methyl sites for hydroxylation is 1. The van der Waals surface area contributed by atoms with E-state index < -0.39 is 11.6 Å². The molecular weight excluding hydrogens is 250 g/mol. The monoisotopic (exact) mass is 268 g/mol. The van der Waals surface area contributed by atoms with Gasteiger partial charge in [-0.25, -0.2) is 8.78 Å². The average Bonchev–Trinajstić information content (AvgIpc) is 2.39. The number of halogens is 2. The quantitative estimate of drug-likeness (QED) is 0.865. The molecule has 1 aliphatic rings. The van der Waals surface area contributed by atoms with Gasteiger partial charge in [0.1, 0.15) is 11.5 Å². The summed E-state index contributed by atoms with van der Waals surface area (Å²) in [5.41, 5.74) is -0.0217. The molecule has 3 nitrogen and oxygen atoms in total. The number of carbonyl (C=O) groups excluding carboxylic acids is 1. The minimum absolute atomic E-state index is 0.199. The first-order valence-electron chi connectivity index (χ1n) is 6.48. The summed E-state index contributed by atoms with van der Waals surface area (Å²) in [6.45, 7) is 4.28. The Morgan fingerprint density at radius 3 is 2.84 bits per heavy atom. The van der Waals surface area contributed by atoms with Crippen molar-refractivity contribution in [3.63, 3.8) is 0 Å². The SMILES string of the molecule is Cc1ccc(F)c(NC(=O)C2CCNC(C)C2)c1F. The molecule has 0 saturated carbocycles. The summed E-state index contributed by atoms with van der Waals surface area (Å²) in [5, 5.41) is 5.63. The van der Waals surface area contributed by atoms with Crippen molar-refractivity contribution >= 4 is 11.6 Å². The molecule has 1 heterocycles. The van der Waals surface area contributed by atoms with Gasteiger partial charge in [0.05, 0.1) is 0 Å². The highest BCUT2D eigenvalue weighted by molar-refractivity contribution is 5.93. The molecule has 0 aromatic heterocycles. The Morgan fingerprint density at radius 1 is 1.42 bits per heavy atom. The maximum absolute atomic E-state index is 13.8. The van der Waals surface area contributed by atoms with Crippen LogP contribution in [0.15, 0.2) is 12.1 Å². The number of hydrogen-bond acceptors (Lipinski definition) is 2. The summed E-state index contributed by atoms with van der Waals surface area (Å²) in [4.78, 5) is 12.1. The highest BCUT2D eigenvalue weighted by Gasteiger charge is 2.26. The van der Waals surface area contributed by atoms with Crippen molar-refractivity contribution in [1.29, 1.82) is 0 Å². The summed E-state index contributed by atoms with van der Waals surface area (Å²) in [6, 6.07) is 2.77. The van der Waals surface area contributed by atoms with Gasteiger partial charge in [0.2, 0.25) is 5.91 Å². The fraction of sp³-hybridized carbons (Fsp3) is 0.500. The number of amides is 1. The number of anilines is 1. The van der Waals surface area contributed by atoms with Gasteiger partial charge in [-0.3, -0.25) is 4.79 Å². The summed E-state index contributed by atoms with van der Waals surface area (Å²) in [7, 11) is 0. The molecule has 0 spiro atoms. The standard InChI is InChI=1S/C14H18F2N2O/c1-8-3-4-11(15)13(12(8)16)18-14(19)10-5-6-17-9(2)7-10/h3-4,9-10,17H,5-7H2,1-2H3,(H,18,19). The molecule has 0 aliphatic carbocycles. The van der Waals surface area contributed by atoms with E-state index in [2.05, 4.69) is 10.6 Å². The van der Waals surface area contributed by atoms with Gasteiger partial charge in [0, 0.05) is 12.0 Å². The van der Waals surface area contributed by atoms with Crippen LogP contribution >= 0.6 is 0 Å². The van der Waals surface area contributed by atoms with Crippen molar-refractivity contribution < 1.29 is 13.6 Å². The summed E-state index contributed by atoms with van der Waals surface area (Å²) >= 11 is 0. The van der Waals surface area contributed by atoms with E-state index in [1.54, 1.807) is 0 Å². The first kappa shape index (κ1) is 13.9. The van der Waals surface area contributed by atoms with Gasteiger partial charge in [-0.15, -0.1) is 0 Å². The zero-order chi connectivity index (χ0) is 14.0. The number of benzene rings is 1. The zero-order valence-corrected chi connectivity index (χ0v) is 11.1. The Balaban J connectivity index is 2.13. The van der Waals surface area contributed by atoms with Crippen LogP contribution in [0.25, 0.3) is 0 Å². The van der Waals surface area contributed by atoms with E-state index in [0.29, 0.717) is 18.4 Å². The lowest BCUT2D eigenvalue weighted by molar-refractivity contribution is -0.120. The molecule has 2 rings (SSSR count). The second kappa shape index (κ2) is 5.65. The smallest absolute Gasteiger partial charge is 0.227 e. The zero-order valence-electron chi connectivity index (χ0n) is 11.1. The first-order valence-corrected chi connectivity index (χ1v) is 6.48. The van der Waals surface area contributed by atoms with Crippen LogP contribution in [0.2, 0.25) is 0 Å². The third kappa shape index (κ3) is 3.10. The number of rotatable bonds is 2. The summed E-state index contributed by atoms with van der Waals surface area (Å²) in [6.07, 6.45) is 1.37. The van der Waals surface area contributed by atoms with E-state index in [1.165, 1.54) is 19.1 Å². The topological polar surface area (TPSA) is 41.1 Å². The Labute approximate surface area is 111 Å². The van der Waals surface area contributed by atoms with Crippen molar-refractivity contribution in [2.75, 3.05) is 11.9 Å². The largest absolute Gasteiger partial charge is 0.321 e. The van der Waals surface area contributed by atoms with Gasteiger partial charge in [0.15, 0.2) is 5.82 Å². The van der Waals surface area contributed by atoms with E-state index in [1.807, 2.05) is 6.92 Å². The van der Waals surface area contributed by atoms with Crippen LogP contribution in [0.3, 0.4) is 0 Å². The maximum Gasteiger partial charge on any atom is 0.227 e. The van der Waals surface area contributed by atoms with Crippen LogP contribution < -0.4 is 10.6 Å². The molecule has 1 aromatic carbocycles. The lowest BCUT2D eigenvalue weighted by atomic mass is 9.92. The average molecular weight is 268 g/mol. The normalized spacial score (nSPS) is 23.2. The summed E-state index contributed by atoms with van der Waals surface area (Å²) < 4.78 is 27.4. The molecule has 1 aromatic rings. The fourth-order valence-corrected chi connectivity index (χ4v) is 2.37. The number of piperidine rings is 1. The molecule has 0 radical (unpaired) electrons. The number of carbonyl (C=O) groups is 1. The molecule has 2 atom stereocenters. The van der Waals surface area contributed by atoms with Crippen molar-refractivity contribution in [2.45, 2.75) is 32.7 Å². The van der Waals surface area contributed by atoms with E-state index in [9.17, 15) is 13.6 Å². The van der Waals surface area contributed by atoms with Gasteiger partial charge < -0.3 is 10.6 Å². The molecule has 2 unspecified atom stereocenters. The molecule has 104 valence electrons. The third-order valence-corrected chi connectivity index (χ3v) is 3.53. The Hall–Kier alpha value is -1.49. The van der Waals surface area contributed by atoms with Crippen molar-refractivity contribution in [1.82, 2.24) is 5.32 Å². The van der Waals surface area contributed by atoms with Gasteiger partial charge >= 0.3 is 0 Å². The molecule has 19 heavy (non-hydrogen) atoms. The van der Waals surface area contributed by atoms with Crippen LogP contribution in [0.1, 0.15) is 25.3 Å². The van der Waals surface area contributed by atoms with Crippen LogP contribution in [0.4, 0.5) is 14.5 Å². The predicted octanol–water partition coefficient (Wildman–Crippen LogP) is 2.60. The lowest BCUT2D eigenvalue weighted by Gasteiger charge is -2.27. The molecule has 5 heteroatoms. The van der Waals surface area contributed by atoms with Crippen LogP contribution in [0.5, 0.6) is 0 Å². The highest BCUT2D eigenvalue weighted by atomic mass is 19.1. The third-order valence-electron chi connectivity index (χ3n) is 3.53. The van der Waals surface area contributed by atoms with Gasteiger partial charge in [-0.1, -0.05) is 6.07 Å². The van der Waals surface area contributed by atoms with Gasteiger partial charge in [-0.2, -0.15) is 0 Å². The molecule has 1 saturated heterocycles. The minimum atomic E-state index is -0.738. The van der Waals surface area contributed by atoms with E-state index in [0.717, 1.165) is 6.54 Å². The van der Waals surface area contributed by atoms with Crippen molar-refractivity contribution in [3.05, 3.63) is 29.3 Å². The maximum atomic E-state index is 13.8. The number of hydrogen-bond donors (Lipinski definition) is 2.